The van der Waals surface area contributed by atoms with E-state index in [4.69, 9.17) is 4.74 Å². The van der Waals surface area contributed by atoms with E-state index in [9.17, 15) is 4.79 Å². The van der Waals surface area contributed by atoms with Gasteiger partial charge in [0.15, 0.2) is 0 Å². The minimum atomic E-state index is -0.117. The highest BCUT2D eigenvalue weighted by Gasteiger charge is 2.13. The molecule has 1 amide bonds. The van der Waals surface area contributed by atoms with Gasteiger partial charge in [-0.2, -0.15) is 0 Å². The third-order valence-electron chi connectivity index (χ3n) is 2.09. The molecule has 0 radical (unpaired) electrons. The Morgan fingerprint density at radius 1 is 1.36 bits per heavy atom. The summed E-state index contributed by atoms with van der Waals surface area (Å²) < 4.78 is 5.19. The van der Waals surface area contributed by atoms with Gasteiger partial charge in [0.1, 0.15) is 5.75 Å². The van der Waals surface area contributed by atoms with Crippen LogP contribution < -0.4 is 10.1 Å². The van der Waals surface area contributed by atoms with Crippen LogP contribution in [0.5, 0.6) is 5.75 Å². The predicted molar refractivity (Wildman–Crippen MR) is 55.9 cm³/mol. The van der Waals surface area contributed by atoms with Crippen LogP contribution in [-0.2, 0) is 0 Å². The molecule has 14 heavy (non-hydrogen) atoms. The fourth-order valence-electron chi connectivity index (χ4n) is 1.53. The van der Waals surface area contributed by atoms with Crippen LogP contribution in [0, 0.1) is 13.8 Å². The number of amides is 1. The Bertz CT molecular complexity index is 359. The highest BCUT2D eigenvalue weighted by molar-refractivity contribution is 5.97. The maximum atomic E-state index is 11.5. The predicted octanol–water partition coefficient (Wildman–Crippen LogP) is 1.67. The molecule has 3 heteroatoms. The van der Waals surface area contributed by atoms with Crippen LogP contribution in [0.4, 0.5) is 0 Å². The molecule has 0 fully saturated rings. The fraction of sp³-hybridized carbons (Fsp3) is 0.364. The minimum Gasteiger partial charge on any atom is -0.496 e. The molecule has 0 aliphatic rings. The number of benzene rings is 1. The van der Waals surface area contributed by atoms with Crippen LogP contribution in [-0.4, -0.2) is 20.1 Å². The van der Waals surface area contributed by atoms with Gasteiger partial charge in [-0.25, -0.2) is 0 Å². The van der Waals surface area contributed by atoms with E-state index < -0.39 is 0 Å². The number of methoxy groups -OCH3 is 1. The summed E-state index contributed by atoms with van der Waals surface area (Å²) in [5.41, 5.74) is 2.63. The Morgan fingerprint density at radius 2 is 2.00 bits per heavy atom. The van der Waals surface area contributed by atoms with Crippen LogP contribution in [0.2, 0.25) is 0 Å². The first kappa shape index (κ1) is 10.6. The summed E-state index contributed by atoms with van der Waals surface area (Å²) in [7, 11) is 3.18. The van der Waals surface area contributed by atoms with E-state index in [2.05, 4.69) is 5.32 Å². The van der Waals surface area contributed by atoms with E-state index >= 15 is 0 Å². The lowest BCUT2D eigenvalue weighted by atomic mass is 10.1. The standard InChI is InChI=1S/C11H15NO2/c1-7-5-8(2)10(14-4)9(6-7)11(13)12-3/h5-6H,1-4H3,(H,12,13). The van der Waals surface area contributed by atoms with Gasteiger partial charge in [-0.05, 0) is 31.0 Å². The van der Waals surface area contributed by atoms with Gasteiger partial charge < -0.3 is 10.1 Å². The quantitative estimate of drug-likeness (QED) is 0.776. The third-order valence-corrected chi connectivity index (χ3v) is 2.09. The van der Waals surface area contributed by atoms with Gasteiger partial charge in [-0.3, -0.25) is 4.79 Å². The van der Waals surface area contributed by atoms with Gasteiger partial charge in [0.05, 0.1) is 12.7 Å². The summed E-state index contributed by atoms with van der Waals surface area (Å²) in [6, 6.07) is 3.82. The van der Waals surface area contributed by atoms with E-state index in [1.54, 1.807) is 14.2 Å². The van der Waals surface area contributed by atoms with Crippen molar-refractivity contribution < 1.29 is 9.53 Å². The number of carbonyl (C=O) groups is 1. The van der Waals surface area contributed by atoms with Crippen LogP contribution in [0.1, 0.15) is 21.5 Å². The molecule has 1 N–H and O–H groups in total. The molecule has 0 heterocycles. The summed E-state index contributed by atoms with van der Waals surface area (Å²) in [5.74, 6) is 0.531. The second-order valence-electron chi connectivity index (χ2n) is 3.24. The number of aryl methyl sites for hydroxylation is 2. The van der Waals surface area contributed by atoms with E-state index in [1.165, 1.54) is 0 Å². The van der Waals surface area contributed by atoms with Gasteiger partial charge in [0.25, 0.3) is 5.91 Å². The number of hydrogen-bond acceptors (Lipinski definition) is 2. The van der Waals surface area contributed by atoms with E-state index in [0.717, 1.165) is 11.1 Å². The Labute approximate surface area is 84.1 Å². The zero-order valence-corrected chi connectivity index (χ0v) is 8.97. The topological polar surface area (TPSA) is 38.3 Å². The van der Waals surface area contributed by atoms with Crippen LogP contribution in [0.15, 0.2) is 12.1 Å². The van der Waals surface area contributed by atoms with Crippen LogP contribution in [0.25, 0.3) is 0 Å². The summed E-state index contributed by atoms with van der Waals surface area (Å²) in [6.07, 6.45) is 0. The molecule has 0 bridgehead atoms. The molecule has 0 atom stereocenters. The molecule has 3 nitrogen and oxygen atoms in total. The van der Waals surface area contributed by atoms with E-state index in [1.807, 2.05) is 26.0 Å². The van der Waals surface area contributed by atoms with E-state index in [-0.39, 0.29) is 5.91 Å². The van der Waals surface area contributed by atoms with Crippen molar-refractivity contribution in [3.05, 3.63) is 28.8 Å². The third kappa shape index (κ3) is 1.87. The molecule has 0 spiro atoms. The normalized spacial score (nSPS) is 9.71. The van der Waals surface area contributed by atoms with Gasteiger partial charge in [-0.15, -0.1) is 0 Å². The Hall–Kier alpha value is -1.51. The smallest absolute Gasteiger partial charge is 0.254 e. The summed E-state index contributed by atoms with van der Waals surface area (Å²) in [5, 5.41) is 2.59. The monoisotopic (exact) mass is 193 g/mol. The van der Waals surface area contributed by atoms with Crippen molar-refractivity contribution in [2.75, 3.05) is 14.2 Å². The largest absolute Gasteiger partial charge is 0.496 e. The first-order valence-electron chi connectivity index (χ1n) is 4.47. The molecule has 0 unspecified atom stereocenters. The van der Waals surface area contributed by atoms with Gasteiger partial charge in [0, 0.05) is 7.05 Å². The maximum Gasteiger partial charge on any atom is 0.254 e. The first-order valence-corrected chi connectivity index (χ1v) is 4.47. The van der Waals surface area contributed by atoms with Gasteiger partial charge in [-0.1, -0.05) is 6.07 Å². The maximum absolute atomic E-state index is 11.5. The number of carbonyl (C=O) groups excluding carboxylic acids is 1. The molecular formula is C11H15NO2. The molecule has 0 aliphatic carbocycles. The highest BCUT2D eigenvalue weighted by Crippen LogP contribution is 2.24. The number of rotatable bonds is 2. The second-order valence-corrected chi connectivity index (χ2v) is 3.24. The molecule has 76 valence electrons. The van der Waals surface area contributed by atoms with Gasteiger partial charge in [0.2, 0.25) is 0 Å². The van der Waals surface area contributed by atoms with E-state index in [0.29, 0.717) is 11.3 Å². The van der Waals surface area contributed by atoms with Crippen molar-refractivity contribution in [1.29, 1.82) is 0 Å². The van der Waals surface area contributed by atoms with Crippen molar-refractivity contribution in [1.82, 2.24) is 5.32 Å². The summed E-state index contributed by atoms with van der Waals surface area (Å²) in [4.78, 5) is 11.5. The molecule has 1 aromatic rings. The Balaban J connectivity index is 3.32. The lowest BCUT2D eigenvalue weighted by Gasteiger charge is -2.11. The number of nitrogens with one attached hydrogen (secondary N) is 1. The van der Waals surface area contributed by atoms with Crippen molar-refractivity contribution >= 4 is 5.91 Å². The minimum absolute atomic E-state index is 0.117. The SMILES string of the molecule is CNC(=O)c1cc(C)cc(C)c1OC. The molecule has 0 saturated carbocycles. The van der Waals surface area contributed by atoms with Crippen molar-refractivity contribution in [3.63, 3.8) is 0 Å². The Kier molecular flexibility index (Phi) is 3.12. The zero-order chi connectivity index (χ0) is 10.7. The Morgan fingerprint density at radius 3 is 2.50 bits per heavy atom. The zero-order valence-electron chi connectivity index (χ0n) is 8.97. The highest BCUT2D eigenvalue weighted by atomic mass is 16.5. The molecular weight excluding hydrogens is 178 g/mol. The molecule has 0 aromatic heterocycles. The van der Waals surface area contributed by atoms with Crippen molar-refractivity contribution in [2.45, 2.75) is 13.8 Å². The van der Waals surface area contributed by atoms with Crippen molar-refractivity contribution in [3.8, 4) is 5.75 Å². The number of hydrogen-bond donors (Lipinski definition) is 1. The molecule has 1 aromatic carbocycles. The average Bonchev–Trinajstić information content (AvgIpc) is 2.15. The number of ether oxygens (including phenoxy) is 1. The molecule has 0 saturated heterocycles. The van der Waals surface area contributed by atoms with Crippen LogP contribution in [0.3, 0.4) is 0 Å². The van der Waals surface area contributed by atoms with Crippen LogP contribution >= 0.6 is 0 Å². The second kappa shape index (κ2) is 4.13. The summed E-state index contributed by atoms with van der Waals surface area (Å²) in [6.45, 7) is 3.89. The fourth-order valence-corrected chi connectivity index (χ4v) is 1.53. The lowest BCUT2D eigenvalue weighted by Crippen LogP contribution is -2.19. The average molecular weight is 193 g/mol. The first-order chi connectivity index (χ1) is 6.60. The molecule has 1 rings (SSSR count). The lowest BCUT2D eigenvalue weighted by molar-refractivity contribution is 0.0960. The molecule has 0 aliphatic heterocycles. The van der Waals surface area contributed by atoms with Gasteiger partial charge >= 0.3 is 0 Å². The van der Waals surface area contributed by atoms with Crippen molar-refractivity contribution in [2.24, 2.45) is 0 Å². The summed E-state index contributed by atoms with van der Waals surface area (Å²) >= 11 is 0.